The number of rotatable bonds is 2. The van der Waals surface area contributed by atoms with Crippen LogP contribution >= 0.6 is 0 Å². The Kier molecular flexibility index (Phi) is 4.15. The van der Waals surface area contributed by atoms with Crippen LogP contribution in [0.1, 0.15) is 60.2 Å². The molecule has 2 aliphatic heterocycles. The second-order valence-electron chi connectivity index (χ2n) is 7.23. The van der Waals surface area contributed by atoms with E-state index in [1.54, 1.807) is 30.9 Å². The van der Waals surface area contributed by atoms with Crippen molar-refractivity contribution in [3.63, 3.8) is 0 Å². The van der Waals surface area contributed by atoms with Crippen LogP contribution in [0.15, 0.2) is 16.7 Å². The van der Waals surface area contributed by atoms with Crippen molar-refractivity contribution >= 4 is 11.7 Å². The summed E-state index contributed by atoms with van der Waals surface area (Å²) in [6, 6.07) is 0.814. The number of carbonyl (C=O) groups excluding carboxylic acids is 1. The number of halogens is 3. The molecule has 146 valence electrons. The van der Waals surface area contributed by atoms with Crippen LogP contribution in [0, 0.1) is 6.92 Å². The summed E-state index contributed by atoms with van der Waals surface area (Å²) < 4.78 is 46.4. The van der Waals surface area contributed by atoms with Gasteiger partial charge in [0.1, 0.15) is 5.82 Å². The highest BCUT2D eigenvalue weighted by Crippen LogP contribution is 2.41. The smallest absolute Gasteiger partial charge is 0.368 e. The number of fused-ring (bicyclic) bond motifs is 1. The minimum Gasteiger partial charge on any atom is -0.368 e. The molecule has 0 aromatic carbocycles. The Morgan fingerprint density at radius 2 is 2.15 bits per heavy atom. The number of amides is 1. The largest absolute Gasteiger partial charge is 0.410 e. The van der Waals surface area contributed by atoms with E-state index in [-0.39, 0.29) is 30.2 Å². The third-order valence-corrected chi connectivity index (χ3v) is 5.09. The molecular weight excluding hydrogens is 363 g/mol. The fourth-order valence-corrected chi connectivity index (χ4v) is 3.86. The lowest BCUT2D eigenvalue weighted by atomic mass is 10.1. The molecule has 1 unspecified atom stereocenters. The molecule has 0 radical (unpaired) electrons. The fraction of sp³-hybridized carbons (Fsp3) is 0.588. The van der Waals surface area contributed by atoms with Gasteiger partial charge >= 0.3 is 6.18 Å². The molecule has 0 bridgehead atoms. The molecule has 2 aromatic rings. The molecule has 1 amide bonds. The van der Waals surface area contributed by atoms with Gasteiger partial charge in [0, 0.05) is 24.7 Å². The molecule has 0 aliphatic carbocycles. The summed E-state index contributed by atoms with van der Waals surface area (Å²) in [7, 11) is 0. The van der Waals surface area contributed by atoms with Crippen LogP contribution in [0.4, 0.5) is 19.0 Å². The first kappa shape index (κ1) is 17.9. The van der Waals surface area contributed by atoms with Gasteiger partial charge in [0.15, 0.2) is 6.04 Å². The number of alkyl halides is 3. The molecule has 3 atom stereocenters. The van der Waals surface area contributed by atoms with E-state index in [0.717, 1.165) is 11.1 Å². The minimum absolute atomic E-state index is 0.0811. The topological polar surface area (TPSA) is 76.2 Å². The molecule has 4 heterocycles. The number of hydrogen-bond donors (Lipinski definition) is 1. The highest BCUT2D eigenvalue weighted by Gasteiger charge is 2.46. The van der Waals surface area contributed by atoms with Gasteiger partial charge in [-0.1, -0.05) is 5.16 Å². The monoisotopic (exact) mass is 383 g/mol. The lowest BCUT2D eigenvalue weighted by Gasteiger charge is -2.31. The normalized spacial score (nSPS) is 25.4. The van der Waals surface area contributed by atoms with E-state index in [1.807, 2.05) is 0 Å². The van der Waals surface area contributed by atoms with Crippen molar-refractivity contribution < 1.29 is 22.5 Å². The number of aryl methyl sites for hydroxylation is 1. The first-order chi connectivity index (χ1) is 12.7. The maximum Gasteiger partial charge on any atom is 0.410 e. The average Bonchev–Trinajstić information content (AvgIpc) is 3.30. The zero-order chi connectivity index (χ0) is 19.3. The number of nitrogens with one attached hydrogen (secondary N) is 1. The van der Waals surface area contributed by atoms with Crippen molar-refractivity contribution in [3.8, 4) is 0 Å². The minimum atomic E-state index is -4.38. The molecule has 0 saturated carbocycles. The highest BCUT2D eigenvalue weighted by molar-refractivity contribution is 5.92. The third kappa shape index (κ3) is 3.17. The Morgan fingerprint density at radius 3 is 2.81 bits per heavy atom. The molecule has 1 fully saturated rings. The van der Waals surface area contributed by atoms with E-state index in [2.05, 4.69) is 15.6 Å². The summed E-state index contributed by atoms with van der Waals surface area (Å²) in [6.45, 7) is 3.93. The Hall–Kier alpha value is -2.52. The van der Waals surface area contributed by atoms with Crippen LogP contribution in [0.2, 0.25) is 0 Å². The highest BCUT2D eigenvalue weighted by atomic mass is 19.4. The van der Waals surface area contributed by atoms with Gasteiger partial charge in [0.2, 0.25) is 5.76 Å². The predicted molar refractivity (Wildman–Crippen MR) is 89.3 cm³/mol. The number of hydrogen-bond acceptors (Lipinski definition) is 5. The summed E-state index contributed by atoms with van der Waals surface area (Å²) in [5, 5.41) is 11.0. The van der Waals surface area contributed by atoms with Crippen LogP contribution in [0.5, 0.6) is 0 Å². The van der Waals surface area contributed by atoms with Crippen LogP contribution in [0.3, 0.4) is 0 Å². The van der Waals surface area contributed by atoms with E-state index < -0.39 is 12.2 Å². The summed E-state index contributed by atoms with van der Waals surface area (Å²) >= 11 is 0. The second-order valence-corrected chi connectivity index (χ2v) is 7.23. The first-order valence-electron chi connectivity index (χ1n) is 8.91. The molecule has 27 heavy (non-hydrogen) atoms. The molecule has 1 N–H and O–H groups in total. The standard InChI is InChI=1S/C17H20F3N5O2/c1-9-7-14(17(18,19)20)25-15(21-9)8-11(22-25)12-4-3-5-24(12)16(26)13-6-10(2)23-27-13/h6,8-9,12,14,21H,3-5,7H2,1-2H3/t9-,12?,14-/m1/s1. The Bertz CT molecular complexity index is 859. The predicted octanol–water partition coefficient (Wildman–Crippen LogP) is 3.46. The lowest BCUT2D eigenvalue weighted by Crippen LogP contribution is -2.38. The summed E-state index contributed by atoms with van der Waals surface area (Å²) in [6.07, 6.45) is -3.07. The second kappa shape index (κ2) is 6.28. The molecule has 10 heteroatoms. The molecule has 2 aliphatic rings. The van der Waals surface area contributed by atoms with Gasteiger partial charge in [-0.25, -0.2) is 4.68 Å². The van der Waals surface area contributed by atoms with Gasteiger partial charge in [-0.15, -0.1) is 0 Å². The van der Waals surface area contributed by atoms with Crippen molar-refractivity contribution in [2.75, 3.05) is 11.9 Å². The Labute approximate surface area is 153 Å². The van der Waals surface area contributed by atoms with E-state index >= 15 is 0 Å². The molecule has 7 nitrogen and oxygen atoms in total. The van der Waals surface area contributed by atoms with Crippen LogP contribution in [-0.4, -0.2) is 44.5 Å². The van der Waals surface area contributed by atoms with Gasteiger partial charge in [-0.05, 0) is 33.1 Å². The maximum absolute atomic E-state index is 13.4. The van der Waals surface area contributed by atoms with Crippen LogP contribution < -0.4 is 5.32 Å². The number of anilines is 1. The van der Waals surface area contributed by atoms with Crippen molar-refractivity contribution in [2.24, 2.45) is 0 Å². The molecule has 1 saturated heterocycles. The van der Waals surface area contributed by atoms with Crippen LogP contribution in [-0.2, 0) is 0 Å². The van der Waals surface area contributed by atoms with E-state index in [9.17, 15) is 18.0 Å². The van der Waals surface area contributed by atoms with Gasteiger partial charge in [-0.3, -0.25) is 4.79 Å². The van der Waals surface area contributed by atoms with Gasteiger partial charge in [0.05, 0.1) is 17.4 Å². The third-order valence-electron chi connectivity index (χ3n) is 5.09. The number of carbonyl (C=O) groups is 1. The SMILES string of the molecule is Cc1cc(C(=O)N2CCCC2c2cc3n(n2)[C@@H](C(F)(F)F)C[C@@H](C)N3)on1. The first-order valence-corrected chi connectivity index (χ1v) is 8.91. The van der Waals surface area contributed by atoms with E-state index in [0.29, 0.717) is 30.2 Å². The summed E-state index contributed by atoms with van der Waals surface area (Å²) in [5.74, 6) is 0.141. The molecule has 0 spiro atoms. The molecular formula is C17H20F3N5O2. The number of likely N-dealkylation sites (tertiary alicyclic amines) is 1. The quantitative estimate of drug-likeness (QED) is 0.860. The van der Waals surface area contributed by atoms with Gasteiger partial charge in [-0.2, -0.15) is 18.3 Å². The van der Waals surface area contributed by atoms with E-state index in [1.165, 1.54) is 0 Å². The van der Waals surface area contributed by atoms with Gasteiger partial charge in [0.25, 0.3) is 5.91 Å². The molecule has 4 rings (SSSR count). The molecule has 2 aromatic heterocycles. The van der Waals surface area contributed by atoms with Crippen molar-refractivity contribution in [1.82, 2.24) is 19.8 Å². The maximum atomic E-state index is 13.4. The zero-order valence-corrected chi connectivity index (χ0v) is 15.0. The summed E-state index contributed by atoms with van der Waals surface area (Å²) in [5.41, 5.74) is 1.06. The number of aromatic nitrogens is 3. The number of nitrogens with zero attached hydrogens (tertiary/aromatic N) is 4. The Balaban J connectivity index is 1.64. The van der Waals surface area contributed by atoms with Gasteiger partial charge < -0.3 is 14.7 Å². The summed E-state index contributed by atoms with van der Waals surface area (Å²) in [4.78, 5) is 14.3. The van der Waals surface area contributed by atoms with Crippen molar-refractivity contribution in [1.29, 1.82) is 0 Å². The van der Waals surface area contributed by atoms with Crippen molar-refractivity contribution in [3.05, 3.63) is 29.3 Å². The lowest BCUT2D eigenvalue weighted by molar-refractivity contribution is -0.173. The van der Waals surface area contributed by atoms with Crippen molar-refractivity contribution in [2.45, 2.75) is 57.4 Å². The van der Waals surface area contributed by atoms with Crippen LogP contribution in [0.25, 0.3) is 0 Å². The average molecular weight is 383 g/mol. The fourth-order valence-electron chi connectivity index (χ4n) is 3.86. The van der Waals surface area contributed by atoms with E-state index in [4.69, 9.17) is 4.52 Å². The zero-order valence-electron chi connectivity index (χ0n) is 15.0. The Morgan fingerprint density at radius 1 is 1.37 bits per heavy atom.